The van der Waals surface area contributed by atoms with Gasteiger partial charge in [-0.05, 0) is 26.0 Å². The summed E-state index contributed by atoms with van der Waals surface area (Å²) in [5.74, 6) is 1.39. The number of carbonyl (C=O) groups excluding carboxylic acids is 1. The summed E-state index contributed by atoms with van der Waals surface area (Å²) in [6, 6.07) is 7.32. The molecule has 0 aliphatic carbocycles. The maximum Gasteiger partial charge on any atom is 0.171 e. The van der Waals surface area contributed by atoms with Crippen molar-refractivity contribution < 1.29 is 9.53 Å². The molecule has 4 heteroatoms. The summed E-state index contributed by atoms with van der Waals surface area (Å²) in [6.45, 7) is 5.69. The highest BCUT2D eigenvalue weighted by molar-refractivity contribution is 5.98. The van der Waals surface area contributed by atoms with Gasteiger partial charge in [0.05, 0.1) is 11.3 Å². The third-order valence-corrected chi connectivity index (χ3v) is 3.16. The van der Waals surface area contributed by atoms with E-state index < -0.39 is 0 Å². The van der Waals surface area contributed by atoms with Gasteiger partial charge in [-0.15, -0.1) is 0 Å². The van der Waals surface area contributed by atoms with Gasteiger partial charge in [0.1, 0.15) is 11.4 Å². The second-order valence-corrected chi connectivity index (χ2v) is 4.50. The second-order valence-electron chi connectivity index (χ2n) is 4.50. The number of hydrogen-bond donors (Lipinski definition) is 0. The minimum Gasteiger partial charge on any atom is -0.453 e. The zero-order valence-electron chi connectivity index (χ0n) is 11.7. The van der Waals surface area contributed by atoms with Crippen molar-refractivity contribution in [3.8, 4) is 11.5 Å². The number of hydrogen-bond acceptors (Lipinski definition) is 3. The Balaban J connectivity index is 2.41. The van der Waals surface area contributed by atoms with Crippen molar-refractivity contribution in [2.45, 2.75) is 27.2 Å². The highest BCUT2D eigenvalue weighted by atomic mass is 16.5. The van der Waals surface area contributed by atoms with Gasteiger partial charge in [-0.1, -0.05) is 19.1 Å². The van der Waals surface area contributed by atoms with Crippen LogP contribution in [0.1, 0.15) is 35.1 Å². The third-order valence-electron chi connectivity index (χ3n) is 3.16. The molecule has 0 aliphatic heterocycles. The molecule has 0 aliphatic rings. The molecule has 1 aromatic carbocycles. The SMILES string of the molecule is CCC(=O)c1ccccc1Oc1c(C)nn(C)c1C. The number of nitrogens with zero attached hydrogens (tertiary/aromatic N) is 2. The van der Waals surface area contributed by atoms with Crippen LogP contribution in [0.25, 0.3) is 0 Å². The van der Waals surface area contributed by atoms with Gasteiger partial charge >= 0.3 is 0 Å². The molecule has 0 amide bonds. The molecule has 4 nitrogen and oxygen atoms in total. The van der Waals surface area contributed by atoms with Crippen molar-refractivity contribution >= 4 is 5.78 Å². The molecule has 2 aromatic rings. The van der Waals surface area contributed by atoms with E-state index >= 15 is 0 Å². The summed E-state index contributed by atoms with van der Waals surface area (Å²) in [4.78, 5) is 11.9. The van der Waals surface area contributed by atoms with E-state index in [0.29, 0.717) is 17.7 Å². The van der Waals surface area contributed by atoms with Crippen LogP contribution in [0.4, 0.5) is 0 Å². The summed E-state index contributed by atoms with van der Waals surface area (Å²) in [6.07, 6.45) is 0.464. The number of para-hydroxylation sites is 1. The molecule has 0 bridgehead atoms. The Bertz CT molecular complexity index is 615. The van der Waals surface area contributed by atoms with Crippen molar-refractivity contribution in [1.82, 2.24) is 9.78 Å². The molecule has 0 N–H and O–H groups in total. The van der Waals surface area contributed by atoms with Crippen molar-refractivity contribution in [1.29, 1.82) is 0 Å². The molecule has 0 fully saturated rings. The maximum atomic E-state index is 11.9. The van der Waals surface area contributed by atoms with Crippen molar-refractivity contribution in [3.63, 3.8) is 0 Å². The predicted molar refractivity (Wildman–Crippen MR) is 73.8 cm³/mol. The first kappa shape index (κ1) is 13.3. The molecular weight excluding hydrogens is 240 g/mol. The molecule has 0 radical (unpaired) electrons. The van der Waals surface area contributed by atoms with Gasteiger partial charge < -0.3 is 4.74 Å². The molecule has 0 unspecified atom stereocenters. The first-order chi connectivity index (χ1) is 9.04. The Kier molecular flexibility index (Phi) is 3.69. The Hall–Kier alpha value is -2.10. The number of Topliss-reactive ketones (excluding diaryl/α,β-unsaturated/α-hetero) is 1. The van der Waals surface area contributed by atoms with E-state index in [4.69, 9.17) is 4.74 Å². The lowest BCUT2D eigenvalue weighted by Crippen LogP contribution is -2.00. The topological polar surface area (TPSA) is 44.1 Å². The van der Waals surface area contributed by atoms with Crippen molar-refractivity contribution in [3.05, 3.63) is 41.2 Å². The minimum atomic E-state index is 0.0785. The van der Waals surface area contributed by atoms with Gasteiger partial charge in [0.15, 0.2) is 11.5 Å². The highest BCUT2D eigenvalue weighted by Crippen LogP contribution is 2.30. The fourth-order valence-corrected chi connectivity index (χ4v) is 1.99. The Morgan fingerprint density at radius 3 is 2.58 bits per heavy atom. The fourth-order valence-electron chi connectivity index (χ4n) is 1.99. The summed E-state index contributed by atoms with van der Waals surface area (Å²) < 4.78 is 7.68. The van der Waals surface area contributed by atoms with Crippen molar-refractivity contribution in [2.75, 3.05) is 0 Å². The summed E-state index contributed by atoms with van der Waals surface area (Å²) in [5.41, 5.74) is 2.38. The average Bonchev–Trinajstić information content (AvgIpc) is 2.65. The van der Waals surface area contributed by atoms with E-state index in [1.165, 1.54) is 0 Å². The van der Waals surface area contributed by atoms with Crippen LogP contribution in [0, 0.1) is 13.8 Å². The molecule has 0 saturated heterocycles. The summed E-state index contributed by atoms with van der Waals surface area (Å²) in [7, 11) is 1.87. The van der Waals surface area contributed by atoms with Crippen LogP contribution in [0.2, 0.25) is 0 Å². The van der Waals surface area contributed by atoms with E-state index in [-0.39, 0.29) is 5.78 Å². The van der Waals surface area contributed by atoms with E-state index in [2.05, 4.69) is 5.10 Å². The normalized spacial score (nSPS) is 10.5. The quantitative estimate of drug-likeness (QED) is 0.789. The minimum absolute atomic E-state index is 0.0785. The fraction of sp³-hybridized carbons (Fsp3) is 0.333. The summed E-state index contributed by atoms with van der Waals surface area (Å²) >= 11 is 0. The number of rotatable bonds is 4. The van der Waals surface area contributed by atoms with E-state index in [0.717, 1.165) is 17.1 Å². The first-order valence-electron chi connectivity index (χ1n) is 6.34. The third kappa shape index (κ3) is 2.52. The molecular formula is C15H18N2O2. The molecule has 0 saturated carbocycles. The maximum absolute atomic E-state index is 11.9. The average molecular weight is 258 g/mol. The Morgan fingerprint density at radius 2 is 2.00 bits per heavy atom. The smallest absolute Gasteiger partial charge is 0.171 e. The van der Waals surface area contributed by atoms with Gasteiger partial charge in [-0.25, -0.2) is 0 Å². The van der Waals surface area contributed by atoms with E-state index in [9.17, 15) is 4.79 Å². The highest BCUT2D eigenvalue weighted by Gasteiger charge is 2.15. The van der Waals surface area contributed by atoms with Crippen LogP contribution >= 0.6 is 0 Å². The van der Waals surface area contributed by atoms with Gasteiger partial charge in [0, 0.05) is 13.5 Å². The lowest BCUT2D eigenvalue weighted by Gasteiger charge is -2.10. The lowest BCUT2D eigenvalue weighted by molar-refractivity contribution is 0.0986. The van der Waals surface area contributed by atoms with Crippen LogP contribution in [-0.2, 0) is 7.05 Å². The predicted octanol–water partition coefficient (Wildman–Crippen LogP) is 3.42. The second kappa shape index (κ2) is 5.26. The van der Waals surface area contributed by atoms with Crippen LogP contribution in [0.15, 0.2) is 24.3 Å². The van der Waals surface area contributed by atoms with Crippen LogP contribution < -0.4 is 4.74 Å². The first-order valence-corrected chi connectivity index (χ1v) is 6.34. The summed E-state index contributed by atoms with van der Waals surface area (Å²) in [5, 5.41) is 4.31. The number of carbonyl (C=O) groups is 1. The zero-order valence-corrected chi connectivity index (χ0v) is 11.7. The van der Waals surface area contributed by atoms with Gasteiger partial charge in [-0.2, -0.15) is 5.10 Å². The Labute approximate surface area is 113 Å². The van der Waals surface area contributed by atoms with Crippen LogP contribution in [0.3, 0.4) is 0 Å². The molecule has 19 heavy (non-hydrogen) atoms. The zero-order chi connectivity index (χ0) is 14.0. The number of aromatic nitrogens is 2. The van der Waals surface area contributed by atoms with Gasteiger partial charge in [0.25, 0.3) is 0 Å². The van der Waals surface area contributed by atoms with Gasteiger partial charge in [-0.3, -0.25) is 9.48 Å². The van der Waals surface area contributed by atoms with Crippen LogP contribution in [-0.4, -0.2) is 15.6 Å². The molecule has 1 aromatic heterocycles. The monoisotopic (exact) mass is 258 g/mol. The lowest BCUT2D eigenvalue weighted by atomic mass is 10.1. The molecule has 0 spiro atoms. The molecule has 0 atom stereocenters. The number of ketones is 1. The van der Waals surface area contributed by atoms with Gasteiger partial charge in [0.2, 0.25) is 0 Å². The van der Waals surface area contributed by atoms with Crippen molar-refractivity contribution in [2.24, 2.45) is 7.05 Å². The van der Waals surface area contributed by atoms with E-state index in [1.807, 2.05) is 46.0 Å². The van der Waals surface area contributed by atoms with Crippen LogP contribution in [0.5, 0.6) is 11.5 Å². The standard InChI is InChI=1S/C15H18N2O2/c1-5-13(18)12-8-6-7-9-14(12)19-15-10(2)16-17(4)11(15)3/h6-9H,5H2,1-4H3. The Morgan fingerprint density at radius 1 is 1.32 bits per heavy atom. The van der Waals surface area contributed by atoms with E-state index in [1.54, 1.807) is 10.7 Å². The molecule has 1 heterocycles. The number of ether oxygens (including phenoxy) is 1. The largest absolute Gasteiger partial charge is 0.453 e. The number of aryl methyl sites for hydroxylation is 2. The molecule has 100 valence electrons. The molecule has 2 rings (SSSR count). The number of benzene rings is 1.